The molecule has 0 atom stereocenters. The van der Waals surface area contributed by atoms with Crippen molar-refractivity contribution in [3.05, 3.63) is 72.1 Å². The van der Waals surface area contributed by atoms with Gasteiger partial charge in [-0.15, -0.1) is 0 Å². The Balaban J connectivity index is 1.87. The summed E-state index contributed by atoms with van der Waals surface area (Å²) in [7, 11) is 0. The second-order valence-electron chi connectivity index (χ2n) is 5.48. The molecule has 0 spiro atoms. The van der Waals surface area contributed by atoms with Gasteiger partial charge in [0.1, 0.15) is 11.6 Å². The van der Waals surface area contributed by atoms with E-state index in [-0.39, 0.29) is 0 Å². The van der Waals surface area contributed by atoms with Gasteiger partial charge in [-0.1, -0.05) is 19.1 Å². The van der Waals surface area contributed by atoms with Gasteiger partial charge < -0.3 is 10.5 Å². The number of aromatic nitrogens is 1. The molecule has 0 amide bonds. The van der Waals surface area contributed by atoms with E-state index >= 15 is 0 Å². The molecule has 0 aliphatic rings. The van der Waals surface area contributed by atoms with E-state index in [0.29, 0.717) is 10.6 Å². The van der Waals surface area contributed by atoms with Crippen molar-refractivity contribution in [2.75, 3.05) is 10.5 Å². The van der Waals surface area contributed by atoms with Gasteiger partial charge in [-0.3, -0.25) is 4.98 Å². The minimum Gasteiger partial charge on any atom is -0.399 e. The van der Waals surface area contributed by atoms with E-state index in [1.54, 1.807) is 6.20 Å². The SMILES string of the molecule is CCc1ncc(-c2cccc(N)c2)cc1NSc1ccc(F)cc1F. The Morgan fingerprint density at radius 3 is 2.64 bits per heavy atom. The first-order chi connectivity index (χ1) is 12.1. The number of rotatable bonds is 5. The molecule has 3 N–H and O–H groups in total. The summed E-state index contributed by atoms with van der Waals surface area (Å²) >= 11 is 1.09. The minimum absolute atomic E-state index is 0.317. The van der Waals surface area contributed by atoms with Gasteiger partial charge >= 0.3 is 0 Å². The number of anilines is 2. The van der Waals surface area contributed by atoms with Crippen LogP contribution >= 0.6 is 11.9 Å². The molecule has 0 unspecified atom stereocenters. The lowest BCUT2D eigenvalue weighted by atomic mass is 10.1. The van der Waals surface area contributed by atoms with E-state index < -0.39 is 11.6 Å². The lowest BCUT2D eigenvalue weighted by Gasteiger charge is -2.12. The van der Waals surface area contributed by atoms with Gasteiger partial charge in [0.2, 0.25) is 0 Å². The molecule has 0 aliphatic heterocycles. The van der Waals surface area contributed by atoms with Crippen LogP contribution in [0.25, 0.3) is 11.1 Å². The van der Waals surface area contributed by atoms with Crippen LogP contribution in [0.3, 0.4) is 0 Å². The number of pyridine rings is 1. The maximum atomic E-state index is 13.8. The molecule has 3 rings (SSSR count). The monoisotopic (exact) mass is 357 g/mol. The molecule has 0 saturated heterocycles. The van der Waals surface area contributed by atoms with Crippen molar-refractivity contribution < 1.29 is 8.78 Å². The van der Waals surface area contributed by atoms with E-state index in [1.165, 1.54) is 12.1 Å². The Morgan fingerprint density at radius 2 is 1.92 bits per heavy atom. The predicted octanol–water partition coefficient (Wildman–Crippen LogP) is 5.29. The fourth-order valence-electron chi connectivity index (χ4n) is 2.41. The van der Waals surface area contributed by atoms with Crippen LogP contribution in [0.1, 0.15) is 12.6 Å². The van der Waals surface area contributed by atoms with Crippen LogP contribution in [0, 0.1) is 11.6 Å². The van der Waals surface area contributed by atoms with Gasteiger partial charge in [0.05, 0.1) is 16.3 Å². The summed E-state index contributed by atoms with van der Waals surface area (Å²) in [5.41, 5.74) is 10.0. The van der Waals surface area contributed by atoms with Crippen molar-refractivity contribution in [2.24, 2.45) is 0 Å². The number of nitrogens with one attached hydrogen (secondary N) is 1. The van der Waals surface area contributed by atoms with Gasteiger partial charge in [0, 0.05) is 23.5 Å². The average molecular weight is 357 g/mol. The van der Waals surface area contributed by atoms with Crippen molar-refractivity contribution in [1.29, 1.82) is 0 Å². The van der Waals surface area contributed by atoms with Crippen LogP contribution in [0.2, 0.25) is 0 Å². The van der Waals surface area contributed by atoms with Crippen LogP contribution in [-0.2, 0) is 6.42 Å². The van der Waals surface area contributed by atoms with Gasteiger partial charge in [-0.05, 0) is 54.3 Å². The molecule has 0 fully saturated rings. The number of hydrogen-bond acceptors (Lipinski definition) is 4. The van der Waals surface area contributed by atoms with Crippen molar-refractivity contribution in [3.63, 3.8) is 0 Å². The second kappa shape index (κ2) is 7.53. The summed E-state index contributed by atoms with van der Waals surface area (Å²) in [6.45, 7) is 2.00. The Hall–Kier alpha value is -2.60. The molecule has 128 valence electrons. The smallest absolute Gasteiger partial charge is 0.141 e. The third-order valence-electron chi connectivity index (χ3n) is 3.69. The number of nitrogen functional groups attached to an aromatic ring is 1. The van der Waals surface area contributed by atoms with E-state index in [0.717, 1.165) is 46.9 Å². The van der Waals surface area contributed by atoms with Crippen LogP contribution in [0.5, 0.6) is 0 Å². The fraction of sp³-hybridized carbons (Fsp3) is 0.105. The molecule has 2 aromatic carbocycles. The number of aryl methyl sites for hydroxylation is 1. The third-order valence-corrected chi connectivity index (χ3v) is 4.56. The number of benzene rings is 2. The van der Waals surface area contributed by atoms with Crippen LogP contribution in [-0.4, -0.2) is 4.98 Å². The van der Waals surface area contributed by atoms with Crippen molar-refractivity contribution in [1.82, 2.24) is 4.98 Å². The lowest BCUT2D eigenvalue weighted by molar-refractivity contribution is 0.566. The quantitative estimate of drug-likeness (QED) is 0.481. The molecule has 0 saturated carbocycles. The van der Waals surface area contributed by atoms with Crippen molar-refractivity contribution in [3.8, 4) is 11.1 Å². The molecule has 1 aromatic heterocycles. The molecular weight excluding hydrogens is 340 g/mol. The highest BCUT2D eigenvalue weighted by Gasteiger charge is 2.09. The van der Waals surface area contributed by atoms with E-state index in [9.17, 15) is 8.78 Å². The van der Waals surface area contributed by atoms with Crippen molar-refractivity contribution in [2.45, 2.75) is 18.2 Å². The highest BCUT2D eigenvalue weighted by Crippen LogP contribution is 2.30. The van der Waals surface area contributed by atoms with Crippen LogP contribution in [0.15, 0.2) is 59.6 Å². The zero-order chi connectivity index (χ0) is 17.8. The van der Waals surface area contributed by atoms with E-state index in [1.807, 2.05) is 37.3 Å². The van der Waals surface area contributed by atoms with E-state index in [4.69, 9.17) is 5.73 Å². The Bertz CT molecular complexity index is 900. The lowest BCUT2D eigenvalue weighted by Crippen LogP contribution is -1.98. The Morgan fingerprint density at radius 1 is 1.08 bits per heavy atom. The van der Waals surface area contributed by atoms with Crippen LogP contribution in [0.4, 0.5) is 20.2 Å². The first kappa shape index (κ1) is 17.2. The first-order valence-electron chi connectivity index (χ1n) is 7.79. The van der Waals surface area contributed by atoms with E-state index in [2.05, 4.69) is 9.71 Å². The minimum atomic E-state index is -0.601. The topological polar surface area (TPSA) is 50.9 Å². The predicted molar refractivity (Wildman–Crippen MR) is 99.3 cm³/mol. The normalized spacial score (nSPS) is 10.7. The molecule has 6 heteroatoms. The van der Waals surface area contributed by atoms with Crippen molar-refractivity contribution >= 4 is 23.3 Å². The average Bonchev–Trinajstić information content (AvgIpc) is 2.61. The summed E-state index contributed by atoms with van der Waals surface area (Å²) in [6.07, 6.45) is 2.52. The summed E-state index contributed by atoms with van der Waals surface area (Å²) < 4.78 is 29.9. The van der Waals surface area contributed by atoms with Gasteiger partial charge in [-0.2, -0.15) is 0 Å². The number of nitrogens with zero attached hydrogens (tertiary/aromatic N) is 1. The molecule has 3 aromatic rings. The number of halogens is 2. The number of hydrogen-bond donors (Lipinski definition) is 2. The molecule has 3 nitrogen and oxygen atoms in total. The van der Waals surface area contributed by atoms with Gasteiger partial charge in [0.15, 0.2) is 0 Å². The molecule has 0 radical (unpaired) electrons. The summed E-state index contributed by atoms with van der Waals surface area (Å²) in [5, 5.41) is 0. The van der Waals surface area contributed by atoms with Crippen LogP contribution < -0.4 is 10.5 Å². The third kappa shape index (κ3) is 4.09. The second-order valence-corrected chi connectivity index (χ2v) is 6.32. The maximum Gasteiger partial charge on any atom is 0.141 e. The first-order valence-corrected chi connectivity index (χ1v) is 8.61. The summed E-state index contributed by atoms with van der Waals surface area (Å²) in [6, 6.07) is 13.0. The highest BCUT2D eigenvalue weighted by molar-refractivity contribution is 8.00. The summed E-state index contributed by atoms with van der Waals surface area (Å²) in [4.78, 5) is 4.80. The maximum absolute atomic E-state index is 13.8. The zero-order valence-corrected chi connectivity index (χ0v) is 14.4. The zero-order valence-electron chi connectivity index (χ0n) is 13.6. The summed E-state index contributed by atoms with van der Waals surface area (Å²) in [5.74, 6) is -1.20. The molecule has 0 bridgehead atoms. The molecule has 0 aliphatic carbocycles. The fourth-order valence-corrected chi connectivity index (χ4v) is 3.10. The largest absolute Gasteiger partial charge is 0.399 e. The number of nitrogens with two attached hydrogens (primary N) is 1. The Kier molecular flexibility index (Phi) is 5.19. The molecular formula is C19H17F2N3S. The Labute approximate surface area is 149 Å². The van der Waals surface area contributed by atoms with Gasteiger partial charge in [-0.25, -0.2) is 8.78 Å². The molecule has 1 heterocycles. The molecule has 25 heavy (non-hydrogen) atoms. The highest BCUT2D eigenvalue weighted by atomic mass is 32.2. The standard InChI is InChI=1S/C19H17F2N3S/c1-2-17-18(24-25-19-7-6-14(20)10-16(19)21)9-13(11-23-17)12-4-3-5-15(22)8-12/h3-11,24H,2,22H2,1H3. The van der Waals surface area contributed by atoms with Gasteiger partial charge in [0.25, 0.3) is 0 Å².